The predicted octanol–water partition coefficient (Wildman–Crippen LogP) is 5.57. The van der Waals surface area contributed by atoms with Gasteiger partial charge in [0.25, 0.3) is 0 Å². The van der Waals surface area contributed by atoms with Gasteiger partial charge in [-0.1, -0.05) is 51.1 Å². The molecule has 1 aromatic rings. The molecule has 1 aliphatic heterocycles. The van der Waals surface area contributed by atoms with Crippen LogP contribution in [0.1, 0.15) is 51.2 Å². The SMILES string of the molecule is CC(C)(C)[Si](C)(C)OC(CC=C1C2CC(O)OC2C[C@@H]1F)C1Cc2ccccc2C1. The lowest BCUT2D eigenvalue weighted by Gasteiger charge is -2.41. The van der Waals surface area contributed by atoms with Crippen molar-refractivity contribution < 1.29 is 18.7 Å². The van der Waals surface area contributed by atoms with Gasteiger partial charge in [-0.25, -0.2) is 4.39 Å². The van der Waals surface area contributed by atoms with E-state index in [0.717, 1.165) is 24.8 Å². The minimum absolute atomic E-state index is 0.0179. The third-order valence-corrected chi connectivity index (χ3v) is 12.4. The number of aliphatic hydroxyl groups is 1. The van der Waals surface area contributed by atoms with E-state index in [1.54, 1.807) is 0 Å². The van der Waals surface area contributed by atoms with Crippen molar-refractivity contribution in [2.45, 2.75) is 95.7 Å². The van der Waals surface area contributed by atoms with Gasteiger partial charge in [0, 0.05) is 18.8 Å². The van der Waals surface area contributed by atoms with Crippen LogP contribution in [-0.2, 0) is 22.0 Å². The lowest BCUT2D eigenvalue weighted by molar-refractivity contribution is -0.0928. The van der Waals surface area contributed by atoms with Gasteiger partial charge in [-0.2, -0.15) is 0 Å². The summed E-state index contributed by atoms with van der Waals surface area (Å²) in [6, 6.07) is 8.69. The molecule has 166 valence electrons. The number of aliphatic hydroxyl groups excluding tert-OH is 1. The molecule has 1 saturated carbocycles. The number of hydrogen-bond acceptors (Lipinski definition) is 3. The third kappa shape index (κ3) is 4.32. The number of ether oxygens (including phenoxy) is 1. The lowest BCUT2D eigenvalue weighted by atomic mass is 9.93. The molecule has 3 nitrogen and oxygen atoms in total. The molecule has 1 aromatic carbocycles. The van der Waals surface area contributed by atoms with Crippen LogP contribution in [0.5, 0.6) is 0 Å². The first kappa shape index (κ1) is 22.2. The van der Waals surface area contributed by atoms with Gasteiger partial charge in [-0.05, 0) is 60.0 Å². The predicted molar refractivity (Wildman–Crippen MR) is 121 cm³/mol. The Bertz CT molecular complexity index is 775. The van der Waals surface area contributed by atoms with Crippen LogP contribution in [0, 0.1) is 11.8 Å². The van der Waals surface area contributed by atoms with Crippen LogP contribution in [0.25, 0.3) is 0 Å². The zero-order valence-corrected chi connectivity index (χ0v) is 20.0. The minimum atomic E-state index is -1.96. The number of halogens is 1. The van der Waals surface area contributed by atoms with Crippen LogP contribution >= 0.6 is 0 Å². The molecule has 0 radical (unpaired) electrons. The molecule has 3 aliphatic rings. The molecule has 2 aliphatic carbocycles. The molecule has 5 atom stereocenters. The smallest absolute Gasteiger partial charge is 0.192 e. The van der Waals surface area contributed by atoms with E-state index in [-0.39, 0.29) is 23.2 Å². The second-order valence-electron chi connectivity index (χ2n) is 11.0. The summed E-state index contributed by atoms with van der Waals surface area (Å²) in [5, 5.41) is 9.97. The molecule has 4 rings (SSSR count). The number of benzene rings is 1. The van der Waals surface area contributed by atoms with Crippen LogP contribution in [0.3, 0.4) is 0 Å². The first-order chi connectivity index (χ1) is 14.0. The molecule has 0 spiro atoms. The minimum Gasteiger partial charge on any atom is -0.413 e. The Morgan fingerprint density at radius 1 is 1.20 bits per heavy atom. The number of hydrogen-bond donors (Lipinski definition) is 1. The summed E-state index contributed by atoms with van der Waals surface area (Å²) in [6.45, 7) is 11.4. The molecule has 5 heteroatoms. The Kier molecular flexibility index (Phi) is 6.03. The molecule has 1 heterocycles. The van der Waals surface area contributed by atoms with Crippen molar-refractivity contribution in [2.24, 2.45) is 11.8 Å². The highest BCUT2D eigenvalue weighted by Crippen LogP contribution is 2.45. The summed E-state index contributed by atoms with van der Waals surface area (Å²) in [5.41, 5.74) is 3.68. The Morgan fingerprint density at radius 3 is 2.43 bits per heavy atom. The second kappa shape index (κ2) is 8.16. The monoisotopic (exact) mass is 432 g/mol. The first-order valence-electron chi connectivity index (χ1n) is 11.5. The van der Waals surface area contributed by atoms with Crippen molar-refractivity contribution in [1.29, 1.82) is 0 Å². The van der Waals surface area contributed by atoms with E-state index < -0.39 is 20.8 Å². The Labute approximate surface area is 181 Å². The van der Waals surface area contributed by atoms with E-state index in [4.69, 9.17) is 9.16 Å². The molecule has 4 unspecified atom stereocenters. The van der Waals surface area contributed by atoms with Gasteiger partial charge < -0.3 is 14.3 Å². The third-order valence-electron chi connectivity index (χ3n) is 7.91. The van der Waals surface area contributed by atoms with Crippen molar-refractivity contribution in [3.05, 3.63) is 47.0 Å². The van der Waals surface area contributed by atoms with Gasteiger partial charge in [0.05, 0.1) is 12.2 Å². The second-order valence-corrected chi connectivity index (χ2v) is 15.7. The molecule has 1 saturated heterocycles. The van der Waals surface area contributed by atoms with Crippen LogP contribution in [-0.4, -0.2) is 38.1 Å². The van der Waals surface area contributed by atoms with Gasteiger partial charge in [-0.3, -0.25) is 0 Å². The normalized spacial score (nSPS) is 31.9. The van der Waals surface area contributed by atoms with Gasteiger partial charge in [0.1, 0.15) is 6.17 Å². The molecule has 1 N–H and O–H groups in total. The molecule has 0 amide bonds. The van der Waals surface area contributed by atoms with Gasteiger partial charge >= 0.3 is 0 Å². The molecular formula is C25H37FO3Si. The van der Waals surface area contributed by atoms with Crippen molar-refractivity contribution in [1.82, 2.24) is 0 Å². The summed E-state index contributed by atoms with van der Waals surface area (Å²) in [4.78, 5) is 0. The maximum Gasteiger partial charge on any atom is 0.192 e. The van der Waals surface area contributed by atoms with E-state index in [1.807, 2.05) is 0 Å². The number of rotatable bonds is 5. The van der Waals surface area contributed by atoms with Gasteiger partial charge in [0.2, 0.25) is 0 Å². The molecule has 30 heavy (non-hydrogen) atoms. The molecule has 2 fully saturated rings. The van der Waals surface area contributed by atoms with E-state index in [0.29, 0.717) is 18.8 Å². The quantitative estimate of drug-likeness (QED) is 0.488. The summed E-state index contributed by atoms with van der Waals surface area (Å²) in [7, 11) is -1.96. The van der Waals surface area contributed by atoms with Gasteiger partial charge in [0.15, 0.2) is 14.6 Å². The fourth-order valence-electron chi connectivity index (χ4n) is 5.14. The molecule has 0 aromatic heterocycles. The molecule has 0 bridgehead atoms. The van der Waals surface area contributed by atoms with E-state index in [2.05, 4.69) is 64.2 Å². The van der Waals surface area contributed by atoms with Crippen molar-refractivity contribution in [3.8, 4) is 0 Å². The average Bonchev–Trinajstić information content (AvgIpc) is 3.30. The largest absolute Gasteiger partial charge is 0.413 e. The fraction of sp³-hybridized carbons (Fsp3) is 0.680. The summed E-state index contributed by atoms with van der Waals surface area (Å²) < 4.78 is 27.2. The standard InChI is InChI=1S/C25H37FO3Si/c1-25(2,3)30(4,5)29-22(18-12-16-8-6-7-9-17(16)13-18)11-10-19-20-14-24(27)28-23(20)15-21(19)26/h6-10,18,20-24,27H,11-15H2,1-5H3/t20?,21-,22?,23?,24?/m0/s1. The molecular weight excluding hydrogens is 395 g/mol. The van der Waals surface area contributed by atoms with Crippen LogP contribution < -0.4 is 0 Å². The summed E-state index contributed by atoms with van der Waals surface area (Å²) >= 11 is 0. The maximum absolute atomic E-state index is 14.7. The highest BCUT2D eigenvalue weighted by Gasteiger charge is 2.46. The van der Waals surface area contributed by atoms with E-state index in [9.17, 15) is 9.50 Å². The number of alkyl halides is 1. The topological polar surface area (TPSA) is 38.7 Å². The van der Waals surface area contributed by atoms with Crippen LogP contribution in [0.15, 0.2) is 35.9 Å². The lowest BCUT2D eigenvalue weighted by Crippen LogP contribution is -2.46. The Hall–Kier alpha value is -1.01. The van der Waals surface area contributed by atoms with Crippen molar-refractivity contribution in [2.75, 3.05) is 0 Å². The summed E-state index contributed by atoms with van der Waals surface area (Å²) in [5.74, 6) is 0.443. The summed E-state index contributed by atoms with van der Waals surface area (Å²) in [6.07, 6.45) is 3.99. The fourth-order valence-corrected chi connectivity index (χ4v) is 6.54. The van der Waals surface area contributed by atoms with E-state index in [1.165, 1.54) is 11.1 Å². The first-order valence-corrected chi connectivity index (χ1v) is 14.4. The Morgan fingerprint density at radius 2 is 1.83 bits per heavy atom. The van der Waals surface area contributed by atoms with Crippen molar-refractivity contribution >= 4 is 8.32 Å². The van der Waals surface area contributed by atoms with Crippen LogP contribution in [0.2, 0.25) is 18.1 Å². The van der Waals surface area contributed by atoms with Gasteiger partial charge in [-0.15, -0.1) is 0 Å². The Balaban J connectivity index is 1.55. The maximum atomic E-state index is 14.7. The van der Waals surface area contributed by atoms with Crippen LogP contribution in [0.4, 0.5) is 4.39 Å². The van der Waals surface area contributed by atoms with Crippen molar-refractivity contribution in [3.63, 3.8) is 0 Å². The highest BCUT2D eigenvalue weighted by molar-refractivity contribution is 6.74. The van der Waals surface area contributed by atoms with E-state index >= 15 is 0 Å². The zero-order chi connectivity index (χ0) is 21.7. The number of fused-ring (bicyclic) bond motifs is 2. The highest BCUT2D eigenvalue weighted by atomic mass is 28.4. The zero-order valence-electron chi connectivity index (χ0n) is 19.0. The average molecular weight is 433 g/mol.